The van der Waals surface area contributed by atoms with Crippen LogP contribution in [-0.2, 0) is 9.59 Å². The lowest BCUT2D eigenvalue weighted by Crippen LogP contribution is -2.36. The van der Waals surface area contributed by atoms with E-state index in [1.54, 1.807) is 24.3 Å². The van der Waals surface area contributed by atoms with Gasteiger partial charge >= 0.3 is 0 Å². The van der Waals surface area contributed by atoms with E-state index in [9.17, 15) is 14.4 Å². The lowest BCUT2D eigenvalue weighted by atomic mass is 10.1. The van der Waals surface area contributed by atoms with Gasteiger partial charge < -0.3 is 14.8 Å². The summed E-state index contributed by atoms with van der Waals surface area (Å²) in [6.07, 6.45) is 1.61. The van der Waals surface area contributed by atoms with E-state index in [1.807, 2.05) is 53.7 Å². The molecule has 180 valence electrons. The maximum absolute atomic E-state index is 12.9. The predicted octanol–water partition coefficient (Wildman–Crippen LogP) is 5.47. The summed E-state index contributed by atoms with van der Waals surface area (Å²) in [5.41, 5.74) is 4.34. The molecule has 0 aliphatic carbocycles. The molecule has 0 aromatic heterocycles. The van der Waals surface area contributed by atoms with Crippen LogP contribution in [0.4, 0.5) is 10.5 Å². The number of nitrogens with one attached hydrogen (secondary N) is 1. The van der Waals surface area contributed by atoms with E-state index in [4.69, 9.17) is 9.47 Å². The lowest BCUT2D eigenvalue weighted by molar-refractivity contribution is -0.127. The Morgan fingerprint density at radius 2 is 1.76 bits per heavy atom. The number of nitrogens with zero attached hydrogens (tertiary/aromatic N) is 1. The van der Waals surface area contributed by atoms with Crippen LogP contribution in [0.15, 0.2) is 35.2 Å². The lowest BCUT2D eigenvalue weighted by Gasteiger charge is -2.16. The van der Waals surface area contributed by atoms with Gasteiger partial charge in [-0.2, -0.15) is 0 Å². The molecule has 8 heteroatoms. The fraction of sp³-hybridized carbons (Fsp3) is 0.346. The second kappa shape index (κ2) is 10.8. The molecule has 34 heavy (non-hydrogen) atoms. The minimum Gasteiger partial charge on any atom is -0.490 e. The van der Waals surface area contributed by atoms with Crippen LogP contribution in [-0.4, -0.2) is 41.2 Å². The summed E-state index contributed by atoms with van der Waals surface area (Å²) in [7, 11) is 0. The van der Waals surface area contributed by atoms with Gasteiger partial charge in [-0.15, -0.1) is 0 Å². The van der Waals surface area contributed by atoms with Gasteiger partial charge in [-0.3, -0.25) is 19.3 Å². The van der Waals surface area contributed by atoms with Crippen LogP contribution in [0.25, 0.3) is 6.08 Å². The third-order valence-electron chi connectivity index (χ3n) is 5.04. The smallest absolute Gasteiger partial charge is 0.294 e. The summed E-state index contributed by atoms with van der Waals surface area (Å²) in [6.45, 7) is 11.7. The van der Waals surface area contributed by atoms with Crippen molar-refractivity contribution in [2.24, 2.45) is 0 Å². The Balaban J connectivity index is 1.75. The number of carbonyl (C=O) groups is 3. The van der Waals surface area contributed by atoms with E-state index in [-0.39, 0.29) is 17.6 Å². The third kappa shape index (κ3) is 5.99. The molecule has 0 atom stereocenters. The van der Waals surface area contributed by atoms with Gasteiger partial charge in [0.25, 0.3) is 11.1 Å². The Labute approximate surface area is 204 Å². The molecule has 7 nitrogen and oxygen atoms in total. The number of amides is 3. The van der Waals surface area contributed by atoms with Crippen LogP contribution in [0, 0.1) is 20.8 Å². The van der Waals surface area contributed by atoms with Gasteiger partial charge in [0, 0.05) is 5.69 Å². The monoisotopic (exact) mass is 482 g/mol. The average Bonchev–Trinajstić information content (AvgIpc) is 2.99. The number of hydrogen-bond acceptors (Lipinski definition) is 6. The highest BCUT2D eigenvalue weighted by Gasteiger charge is 2.36. The molecule has 0 bridgehead atoms. The van der Waals surface area contributed by atoms with E-state index in [0.717, 1.165) is 33.4 Å². The van der Waals surface area contributed by atoms with E-state index in [0.29, 0.717) is 29.4 Å². The minimum atomic E-state index is -0.497. The second-order valence-electron chi connectivity index (χ2n) is 8.40. The standard InChI is InChI=1S/C26H30N2O5S/c1-7-32-21-12-19(8-9-20(21)33-15(2)3)13-22-25(30)28(26(31)34-22)14-23(29)27-24-17(5)10-16(4)11-18(24)6/h8-13,15H,7,14H2,1-6H3,(H,27,29)/b22-13+. The Morgan fingerprint density at radius 3 is 2.38 bits per heavy atom. The summed E-state index contributed by atoms with van der Waals surface area (Å²) >= 11 is 0.814. The van der Waals surface area contributed by atoms with Crippen molar-refractivity contribution in [1.29, 1.82) is 0 Å². The number of ether oxygens (including phenoxy) is 2. The molecule has 0 saturated carbocycles. The first-order valence-corrected chi connectivity index (χ1v) is 12.0. The largest absolute Gasteiger partial charge is 0.490 e. The highest BCUT2D eigenvalue weighted by molar-refractivity contribution is 8.18. The Bertz CT molecular complexity index is 1130. The fourth-order valence-electron chi connectivity index (χ4n) is 3.72. The number of rotatable bonds is 8. The first kappa shape index (κ1) is 25.4. The molecule has 1 N–H and O–H groups in total. The summed E-state index contributed by atoms with van der Waals surface area (Å²) in [4.78, 5) is 39.2. The van der Waals surface area contributed by atoms with Crippen molar-refractivity contribution in [3.8, 4) is 11.5 Å². The fourth-order valence-corrected chi connectivity index (χ4v) is 4.56. The van der Waals surface area contributed by atoms with Gasteiger partial charge in [-0.25, -0.2) is 0 Å². The molecule has 1 fully saturated rings. The number of hydrogen-bond donors (Lipinski definition) is 1. The second-order valence-corrected chi connectivity index (χ2v) is 9.39. The normalized spacial score (nSPS) is 14.8. The van der Waals surface area contributed by atoms with E-state index in [1.165, 1.54) is 0 Å². The maximum Gasteiger partial charge on any atom is 0.294 e. The first-order valence-electron chi connectivity index (χ1n) is 11.2. The predicted molar refractivity (Wildman–Crippen MR) is 135 cm³/mol. The van der Waals surface area contributed by atoms with Crippen molar-refractivity contribution in [3.63, 3.8) is 0 Å². The van der Waals surface area contributed by atoms with Crippen molar-refractivity contribution < 1.29 is 23.9 Å². The number of carbonyl (C=O) groups excluding carboxylic acids is 3. The molecule has 1 saturated heterocycles. The van der Waals surface area contributed by atoms with Crippen molar-refractivity contribution in [2.75, 3.05) is 18.5 Å². The zero-order valence-electron chi connectivity index (χ0n) is 20.4. The number of aryl methyl sites for hydroxylation is 3. The van der Waals surface area contributed by atoms with Crippen LogP contribution >= 0.6 is 11.8 Å². The summed E-state index contributed by atoms with van der Waals surface area (Å²) < 4.78 is 11.4. The molecule has 1 aliphatic heterocycles. The molecule has 3 rings (SSSR count). The topological polar surface area (TPSA) is 84.9 Å². The summed E-state index contributed by atoms with van der Waals surface area (Å²) in [6, 6.07) is 9.29. The van der Waals surface area contributed by atoms with Gasteiger partial charge in [-0.1, -0.05) is 23.8 Å². The van der Waals surface area contributed by atoms with Crippen molar-refractivity contribution in [3.05, 3.63) is 57.5 Å². The van der Waals surface area contributed by atoms with Gasteiger partial charge in [0.15, 0.2) is 11.5 Å². The molecule has 1 aliphatic rings. The van der Waals surface area contributed by atoms with Gasteiger partial charge in [0.2, 0.25) is 5.91 Å². The summed E-state index contributed by atoms with van der Waals surface area (Å²) in [5.74, 6) is 0.253. The zero-order valence-corrected chi connectivity index (χ0v) is 21.2. The van der Waals surface area contributed by atoms with Crippen LogP contribution in [0.3, 0.4) is 0 Å². The van der Waals surface area contributed by atoms with Crippen molar-refractivity contribution in [2.45, 2.75) is 47.6 Å². The van der Waals surface area contributed by atoms with Gasteiger partial charge in [0.05, 0.1) is 17.6 Å². The number of benzene rings is 2. The van der Waals surface area contributed by atoms with Crippen LogP contribution < -0.4 is 14.8 Å². The molecule has 3 amide bonds. The van der Waals surface area contributed by atoms with E-state index in [2.05, 4.69) is 5.32 Å². The quantitative estimate of drug-likeness (QED) is 0.502. The molecule has 0 spiro atoms. The molecule has 2 aromatic carbocycles. The van der Waals surface area contributed by atoms with Crippen molar-refractivity contribution in [1.82, 2.24) is 4.90 Å². The number of imide groups is 1. The SMILES string of the molecule is CCOc1cc(/C=C2/SC(=O)N(CC(=O)Nc3c(C)cc(C)cc3C)C2=O)ccc1OC(C)C. The molecule has 1 heterocycles. The average molecular weight is 483 g/mol. The number of anilines is 1. The highest BCUT2D eigenvalue weighted by atomic mass is 32.2. The molecular weight excluding hydrogens is 452 g/mol. The van der Waals surface area contributed by atoms with Gasteiger partial charge in [0.1, 0.15) is 6.54 Å². The Morgan fingerprint density at radius 1 is 1.09 bits per heavy atom. The van der Waals surface area contributed by atoms with Crippen LogP contribution in [0.2, 0.25) is 0 Å². The van der Waals surface area contributed by atoms with Crippen LogP contribution in [0.1, 0.15) is 43.0 Å². The molecule has 2 aromatic rings. The molecule has 0 radical (unpaired) electrons. The minimum absolute atomic E-state index is 0.0137. The first-order chi connectivity index (χ1) is 16.1. The van der Waals surface area contributed by atoms with Crippen LogP contribution in [0.5, 0.6) is 11.5 Å². The zero-order chi connectivity index (χ0) is 25.0. The van der Waals surface area contributed by atoms with Gasteiger partial charge in [-0.05, 0) is 88.2 Å². The highest BCUT2D eigenvalue weighted by Crippen LogP contribution is 2.35. The molecular formula is C26H30N2O5S. The number of thioether (sulfide) groups is 1. The molecule has 0 unspecified atom stereocenters. The Hall–Kier alpha value is -3.26. The van der Waals surface area contributed by atoms with E-state index < -0.39 is 17.1 Å². The summed E-state index contributed by atoms with van der Waals surface area (Å²) in [5, 5.41) is 2.36. The Kier molecular flexibility index (Phi) is 8.04. The third-order valence-corrected chi connectivity index (χ3v) is 5.95. The maximum atomic E-state index is 12.9. The van der Waals surface area contributed by atoms with E-state index >= 15 is 0 Å². The van der Waals surface area contributed by atoms with Crippen molar-refractivity contribution >= 4 is 40.6 Å².